The molecule has 0 heterocycles. The minimum Gasteiger partial charge on any atom is -0.463 e. The van der Waals surface area contributed by atoms with Crippen LogP contribution in [0, 0.1) is 13.8 Å². The molecule has 0 aliphatic carbocycles. The van der Waals surface area contributed by atoms with Gasteiger partial charge in [0.25, 0.3) is 0 Å². The number of esters is 1. The molecule has 0 fully saturated rings. The van der Waals surface area contributed by atoms with Gasteiger partial charge in [-0.2, -0.15) is 0 Å². The van der Waals surface area contributed by atoms with E-state index in [0.717, 1.165) is 5.69 Å². The summed E-state index contributed by atoms with van der Waals surface area (Å²) in [4.78, 5) is 11.1. The molecule has 3 nitrogen and oxygen atoms in total. The van der Waals surface area contributed by atoms with E-state index in [4.69, 9.17) is 4.74 Å². The maximum atomic E-state index is 11.1. The molecule has 0 unspecified atom stereocenters. The number of carbonyl (C=O) groups is 1. The van der Waals surface area contributed by atoms with Gasteiger partial charge in [0.1, 0.15) is 0 Å². The topological polar surface area (TPSA) is 38.3 Å². The number of aryl methyl sites for hydroxylation is 2. The zero-order chi connectivity index (χ0) is 12.7. The Bertz CT molecular complexity index is 390. The van der Waals surface area contributed by atoms with E-state index in [2.05, 4.69) is 31.3 Å². The molecule has 0 radical (unpaired) electrons. The zero-order valence-corrected chi connectivity index (χ0v) is 10.6. The van der Waals surface area contributed by atoms with E-state index in [-0.39, 0.29) is 5.97 Å². The molecule has 17 heavy (non-hydrogen) atoms. The first-order valence-corrected chi connectivity index (χ1v) is 5.78. The Balaban J connectivity index is 2.49. The van der Waals surface area contributed by atoms with E-state index in [1.165, 1.54) is 17.2 Å². The van der Waals surface area contributed by atoms with E-state index >= 15 is 0 Å². The average molecular weight is 233 g/mol. The second kappa shape index (κ2) is 6.74. The van der Waals surface area contributed by atoms with Crippen molar-refractivity contribution in [1.29, 1.82) is 0 Å². The smallest absolute Gasteiger partial charge is 0.330 e. The van der Waals surface area contributed by atoms with Crippen molar-refractivity contribution in [2.75, 3.05) is 18.5 Å². The van der Waals surface area contributed by atoms with Crippen LogP contribution in [0.4, 0.5) is 5.69 Å². The van der Waals surface area contributed by atoms with E-state index < -0.39 is 0 Å². The fraction of sp³-hybridized carbons (Fsp3) is 0.357. The van der Waals surface area contributed by atoms with Crippen LogP contribution in [-0.4, -0.2) is 19.1 Å². The number of carbonyl (C=O) groups excluding carboxylic acids is 1. The minimum atomic E-state index is -0.296. The molecule has 0 amide bonds. The van der Waals surface area contributed by atoms with E-state index in [0.29, 0.717) is 13.2 Å². The van der Waals surface area contributed by atoms with Crippen LogP contribution >= 0.6 is 0 Å². The summed E-state index contributed by atoms with van der Waals surface area (Å²) >= 11 is 0. The first-order chi connectivity index (χ1) is 8.15. The normalized spacial score (nSPS) is 10.5. The Labute approximate surface area is 102 Å². The predicted octanol–water partition coefficient (Wildman–Crippen LogP) is 2.83. The van der Waals surface area contributed by atoms with Gasteiger partial charge in [-0.25, -0.2) is 4.79 Å². The molecule has 0 atom stereocenters. The third-order valence-electron chi connectivity index (χ3n) is 2.42. The van der Waals surface area contributed by atoms with Crippen LogP contribution < -0.4 is 5.32 Å². The van der Waals surface area contributed by atoms with Gasteiger partial charge in [0.05, 0.1) is 6.61 Å². The quantitative estimate of drug-likeness (QED) is 0.627. The number of anilines is 1. The average Bonchev–Trinajstić information content (AvgIpc) is 2.28. The number of ether oxygens (including phenoxy) is 1. The highest BCUT2D eigenvalue weighted by molar-refractivity contribution is 5.81. The van der Waals surface area contributed by atoms with Gasteiger partial charge in [-0.15, -0.1) is 0 Å². The van der Waals surface area contributed by atoms with Crippen LogP contribution in [-0.2, 0) is 9.53 Å². The maximum Gasteiger partial charge on any atom is 0.330 e. The number of rotatable bonds is 5. The SMILES string of the molecule is CCOC(=O)/C=C/CNc1c(C)cccc1C. The molecular formula is C14H19NO2. The van der Waals surface area contributed by atoms with Crippen LogP contribution in [0.5, 0.6) is 0 Å². The third kappa shape index (κ3) is 4.31. The van der Waals surface area contributed by atoms with E-state index in [1.807, 2.05) is 6.07 Å². The molecule has 0 bridgehead atoms. The standard InChI is InChI=1S/C14H19NO2/c1-4-17-13(16)9-6-10-15-14-11(2)7-5-8-12(14)3/h5-9,15H,4,10H2,1-3H3/b9-6+. The van der Waals surface area contributed by atoms with Crippen LogP contribution in [0.25, 0.3) is 0 Å². The van der Waals surface area contributed by atoms with Crippen molar-refractivity contribution >= 4 is 11.7 Å². The Morgan fingerprint density at radius 3 is 2.59 bits per heavy atom. The van der Waals surface area contributed by atoms with Crippen LogP contribution in [0.3, 0.4) is 0 Å². The molecule has 92 valence electrons. The molecule has 1 rings (SSSR count). The van der Waals surface area contributed by atoms with Gasteiger partial charge < -0.3 is 10.1 Å². The zero-order valence-electron chi connectivity index (χ0n) is 10.6. The summed E-state index contributed by atoms with van der Waals surface area (Å²) in [7, 11) is 0. The van der Waals surface area contributed by atoms with Crippen molar-refractivity contribution in [2.45, 2.75) is 20.8 Å². The van der Waals surface area contributed by atoms with Gasteiger partial charge in [-0.3, -0.25) is 0 Å². The summed E-state index contributed by atoms with van der Waals surface area (Å²) in [6.07, 6.45) is 3.22. The number of hydrogen-bond donors (Lipinski definition) is 1. The lowest BCUT2D eigenvalue weighted by molar-refractivity contribution is -0.137. The Morgan fingerprint density at radius 1 is 1.35 bits per heavy atom. The molecule has 0 aliphatic rings. The van der Waals surface area contributed by atoms with Crippen LogP contribution in [0.15, 0.2) is 30.4 Å². The van der Waals surface area contributed by atoms with E-state index in [9.17, 15) is 4.79 Å². The third-order valence-corrected chi connectivity index (χ3v) is 2.42. The minimum absolute atomic E-state index is 0.296. The Morgan fingerprint density at radius 2 is 2.00 bits per heavy atom. The largest absolute Gasteiger partial charge is 0.463 e. The fourth-order valence-electron chi connectivity index (χ4n) is 1.60. The van der Waals surface area contributed by atoms with Gasteiger partial charge in [0, 0.05) is 18.3 Å². The molecule has 3 heteroatoms. The summed E-state index contributed by atoms with van der Waals surface area (Å²) in [6.45, 7) is 6.94. The highest BCUT2D eigenvalue weighted by Gasteiger charge is 1.99. The summed E-state index contributed by atoms with van der Waals surface area (Å²) < 4.78 is 4.79. The van der Waals surface area contributed by atoms with Crippen molar-refractivity contribution in [3.63, 3.8) is 0 Å². The number of hydrogen-bond acceptors (Lipinski definition) is 3. The molecule has 0 spiro atoms. The maximum absolute atomic E-state index is 11.1. The summed E-state index contributed by atoms with van der Waals surface area (Å²) in [5, 5.41) is 3.28. The second-order valence-corrected chi connectivity index (χ2v) is 3.80. The Kier molecular flexibility index (Phi) is 5.27. The summed E-state index contributed by atoms with van der Waals surface area (Å²) in [5.41, 5.74) is 3.53. The molecule has 0 aromatic heterocycles. The molecule has 1 aromatic carbocycles. The lowest BCUT2D eigenvalue weighted by Crippen LogP contribution is -2.04. The summed E-state index contributed by atoms with van der Waals surface area (Å²) in [6, 6.07) is 6.15. The van der Waals surface area contributed by atoms with Gasteiger partial charge in [-0.05, 0) is 31.9 Å². The van der Waals surface area contributed by atoms with Crippen molar-refractivity contribution in [3.05, 3.63) is 41.5 Å². The Hall–Kier alpha value is -1.77. The van der Waals surface area contributed by atoms with E-state index in [1.54, 1.807) is 13.0 Å². The van der Waals surface area contributed by atoms with Crippen LogP contribution in [0.2, 0.25) is 0 Å². The molecule has 0 saturated heterocycles. The highest BCUT2D eigenvalue weighted by Crippen LogP contribution is 2.18. The fourth-order valence-corrected chi connectivity index (χ4v) is 1.60. The number of benzene rings is 1. The first-order valence-electron chi connectivity index (χ1n) is 5.78. The monoisotopic (exact) mass is 233 g/mol. The molecular weight excluding hydrogens is 214 g/mol. The molecule has 1 N–H and O–H groups in total. The lowest BCUT2D eigenvalue weighted by atomic mass is 10.1. The molecule has 0 saturated carbocycles. The lowest BCUT2D eigenvalue weighted by Gasteiger charge is -2.10. The van der Waals surface area contributed by atoms with Crippen molar-refractivity contribution in [3.8, 4) is 0 Å². The highest BCUT2D eigenvalue weighted by atomic mass is 16.5. The van der Waals surface area contributed by atoms with Crippen molar-refractivity contribution < 1.29 is 9.53 Å². The molecule has 0 aliphatic heterocycles. The molecule has 1 aromatic rings. The predicted molar refractivity (Wildman–Crippen MR) is 70.2 cm³/mol. The summed E-state index contributed by atoms with van der Waals surface area (Å²) in [5.74, 6) is -0.296. The van der Waals surface area contributed by atoms with Gasteiger partial charge in [0.15, 0.2) is 0 Å². The van der Waals surface area contributed by atoms with Gasteiger partial charge >= 0.3 is 5.97 Å². The van der Waals surface area contributed by atoms with Gasteiger partial charge in [0.2, 0.25) is 0 Å². The van der Waals surface area contributed by atoms with Crippen molar-refractivity contribution in [1.82, 2.24) is 0 Å². The van der Waals surface area contributed by atoms with Crippen molar-refractivity contribution in [2.24, 2.45) is 0 Å². The second-order valence-electron chi connectivity index (χ2n) is 3.80. The number of para-hydroxylation sites is 1. The van der Waals surface area contributed by atoms with Crippen LogP contribution in [0.1, 0.15) is 18.1 Å². The number of nitrogens with one attached hydrogen (secondary N) is 1. The van der Waals surface area contributed by atoms with Gasteiger partial charge in [-0.1, -0.05) is 24.3 Å². The first kappa shape index (κ1) is 13.3.